The molecule has 1 heteroatoms. The Morgan fingerprint density at radius 1 is 1.38 bits per heavy atom. The van der Waals surface area contributed by atoms with E-state index in [-0.39, 0.29) is 0 Å². The van der Waals surface area contributed by atoms with Crippen molar-refractivity contribution in [1.82, 2.24) is 5.32 Å². The van der Waals surface area contributed by atoms with Crippen molar-refractivity contribution in [3.05, 3.63) is 12.2 Å². The maximum absolute atomic E-state index is 5.23. The lowest BCUT2D eigenvalue weighted by atomic mass is 9.87. The first-order chi connectivity index (χ1) is 7.81. The Labute approximate surface area is 99.7 Å². The summed E-state index contributed by atoms with van der Waals surface area (Å²) in [6, 6.07) is 0.672. The van der Waals surface area contributed by atoms with Crippen LogP contribution >= 0.6 is 0 Å². The van der Waals surface area contributed by atoms with Gasteiger partial charge in [0.1, 0.15) is 0 Å². The normalized spacial score (nSPS) is 32.9. The van der Waals surface area contributed by atoms with Crippen molar-refractivity contribution in [2.24, 2.45) is 17.8 Å². The van der Waals surface area contributed by atoms with Gasteiger partial charge in [-0.15, -0.1) is 12.3 Å². The molecule has 0 saturated heterocycles. The van der Waals surface area contributed by atoms with E-state index in [0.717, 1.165) is 37.1 Å². The Morgan fingerprint density at radius 3 is 2.88 bits per heavy atom. The predicted molar refractivity (Wildman–Crippen MR) is 69.0 cm³/mol. The number of hydrogen-bond donors (Lipinski definition) is 1. The van der Waals surface area contributed by atoms with E-state index in [1.165, 1.54) is 19.3 Å². The number of hydrogen-bond acceptors (Lipinski definition) is 1. The number of nitrogens with one attached hydrogen (secondary N) is 1. The van der Waals surface area contributed by atoms with Crippen LogP contribution in [0.15, 0.2) is 12.2 Å². The van der Waals surface area contributed by atoms with Crippen LogP contribution in [0, 0.1) is 30.1 Å². The lowest BCUT2D eigenvalue weighted by molar-refractivity contribution is 0.326. The van der Waals surface area contributed by atoms with E-state index in [2.05, 4.69) is 30.3 Å². The van der Waals surface area contributed by atoms with Gasteiger partial charge in [0.15, 0.2) is 0 Å². The molecular weight excluding hydrogens is 194 g/mol. The fourth-order valence-corrected chi connectivity index (χ4v) is 3.23. The van der Waals surface area contributed by atoms with E-state index >= 15 is 0 Å². The summed E-state index contributed by atoms with van der Waals surface area (Å²) in [5.41, 5.74) is 0. The first-order valence-electron chi connectivity index (χ1n) is 6.66. The molecule has 0 aromatic carbocycles. The molecule has 88 valence electrons. The van der Waals surface area contributed by atoms with Gasteiger partial charge in [0.05, 0.1) is 0 Å². The van der Waals surface area contributed by atoms with Gasteiger partial charge in [-0.1, -0.05) is 12.2 Å². The highest BCUT2D eigenvalue weighted by molar-refractivity contribution is 5.11. The molecule has 1 fully saturated rings. The molecule has 1 N–H and O–H groups in total. The molecule has 0 amide bonds. The third-order valence-corrected chi connectivity index (χ3v) is 4.19. The van der Waals surface area contributed by atoms with E-state index in [0.29, 0.717) is 6.04 Å². The van der Waals surface area contributed by atoms with Crippen molar-refractivity contribution in [3.63, 3.8) is 0 Å². The summed E-state index contributed by atoms with van der Waals surface area (Å²) in [6.45, 7) is 3.47. The average molecular weight is 217 g/mol. The van der Waals surface area contributed by atoms with Crippen LogP contribution in [0.5, 0.6) is 0 Å². The second-order valence-corrected chi connectivity index (χ2v) is 5.35. The predicted octanol–water partition coefficient (Wildman–Crippen LogP) is 2.98. The molecule has 16 heavy (non-hydrogen) atoms. The fourth-order valence-electron chi connectivity index (χ4n) is 3.23. The molecule has 0 heterocycles. The molecule has 0 aromatic heterocycles. The number of terminal acetylenes is 1. The zero-order valence-electron chi connectivity index (χ0n) is 10.3. The minimum Gasteiger partial charge on any atom is -0.314 e. The molecule has 4 atom stereocenters. The van der Waals surface area contributed by atoms with Gasteiger partial charge in [-0.2, -0.15) is 0 Å². The van der Waals surface area contributed by atoms with Gasteiger partial charge in [0.25, 0.3) is 0 Å². The van der Waals surface area contributed by atoms with Crippen LogP contribution in [0.1, 0.15) is 39.0 Å². The summed E-state index contributed by atoms with van der Waals surface area (Å²) >= 11 is 0. The Hall–Kier alpha value is -0.740. The van der Waals surface area contributed by atoms with Crippen LogP contribution in [-0.2, 0) is 0 Å². The Kier molecular flexibility index (Phi) is 4.07. The Morgan fingerprint density at radius 2 is 2.25 bits per heavy atom. The molecule has 0 aromatic rings. The topological polar surface area (TPSA) is 12.0 Å². The van der Waals surface area contributed by atoms with Crippen LogP contribution < -0.4 is 5.32 Å². The minimum atomic E-state index is 0.672. The van der Waals surface area contributed by atoms with Gasteiger partial charge in [-0.3, -0.25) is 0 Å². The largest absolute Gasteiger partial charge is 0.314 e. The molecule has 2 aliphatic rings. The molecule has 2 bridgehead atoms. The molecule has 0 spiro atoms. The fraction of sp³-hybridized carbons (Fsp3) is 0.733. The highest BCUT2D eigenvalue weighted by atomic mass is 14.9. The zero-order valence-corrected chi connectivity index (χ0v) is 10.3. The van der Waals surface area contributed by atoms with Crippen molar-refractivity contribution in [1.29, 1.82) is 0 Å². The summed E-state index contributed by atoms with van der Waals surface area (Å²) in [7, 11) is 0. The van der Waals surface area contributed by atoms with Gasteiger partial charge in [0, 0.05) is 12.5 Å². The van der Waals surface area contributed by atoms with Gasteiger partial charge < -0.3 is 5.32 Å². The maximum atomic E-state index is 5.23. The molecule has 4 unspecified atom stereocenters. The number of rotatable bonds is 6. The number of allylic oxidation sites excluding steroid dienone is 2. The highest BCUT2D eigenvalue weighted by Crippen LogP contribution is 2.44. The molecule has 0 radical (unpaired) electrons. The lowest BCUT2D eigenvalue weighted by Gasteiger charge is -2.26. The van der Waals surface area contributed by atoms with Crippen LogP contribution in [-0.4, -0.2) is 12.6 Å². The van der Waals surface area contributed by atoms with E-state index in [1.54, 1.807) is 0 Å². The molecule has 1 nitrogen and oxygen atoms in total. The first kappa shape index (κ1) is 11.7. The Balaban J connectivity index is 1.63. The van der Waals surface area contributed by atoms with Crippen LogP contribution in [0.2, 0.25) is 0 Å². The van der Waals surface area contributed by atoms with E-state index in [9.17, 15) is 0 Å². The van der Waals surface area contributed by atoms with Crippen molar-refractivity contribution in [3.8, 4) is 12.3 Å². The van der Waals surface area contributed by atoms with E-state index in [1.807, 2.05) is 0 Å². The maximum Gasteiger partial charge on any atom is 0.00865 e. The molecule has 0 aliphatic heterocycles. The second kappa shape index (κ2) is 5.55. The Bertz CT molecular complexity index is 286. The van der Waals surface area contributed by atoms with Crippen LogP contribution in [0.3, 0.4) is 0 Å². The van der Waals surface area contributed by atoms with Crippen LogP contribution in [0.25, 0.3) is 0 Å². The monoisotopic (exact) mass is 217 g/mol. The van der Waals surface area contributed by atoms with E-state index in [4.69, 9.17) is 6.42 Å². The van der Waals surface area contributed by atoms with Crippen molar-refractivity contribution in [2.45, 2.75) is 45.1 Å². The highest BCUT2D eigenvalue weighted by Gasteiger charge is 2.37. The molecule has 2 aliphatic carbocycles. The average Bonchev–Trinajstić information content (AvgIpc) is 2.90. The third-order valence-electron chi connectivity index (χ3n) is 4.19. The summed E-state index contributed by atoms with van der Waals surface area (Å²) in [6.07, 6.45) is 16.2. The molecule has 1 saturated carbocycles. The van der Waals surface area contributed by atoms with Crippen LogP contribution in [0.4, 0.5) is 0 Å². The molecular formula is C15H23N. The number of unbranched alkanes of at least 4 members (excludes halogenated alkanes) is 2. The van der Waals surface area contributed by atoms with Gasteiger partial charge >= 0.3 is 0 Å². The van der Waals surface area contributed by atoms with E-state index < -0.39 is 0 Å². The third kappa shape index (κ3) is 2.68. The SMILES string of the molecule is C#CCCCCNC(C)C1CC2C=CC1C2. The van der Waals surface area contributed by atoms with Crippen molar-refractivity contribution >= 4 is 0 Å². The first-order valence-corrected chi connectivity index (χ1v) is 6.66. The minimum absolute atomic E-state index is 0.672. The summed E-state index contributed by atoms with van der Waals surface area (Å²) < 4.78 is 0. The smallest absolute Gasteiger partial charge is 0.00865 e. The van der Waals surface area contributed by atoms with Gasteiger partial charge in [0.2, 0.25) is 0 Å². The molecule has 2 rings (SSSR count). The van der Waals surface area contributed by atoms with Crippen molar-refractivity contribution < 1.29 is 0 Å². The number of fused-ring (bicyclic) bond motifs is 2. The van der Waals surface area contributed by atoms with Gasteiger partial charge in [-0.25, -0.2) is 0 Å². The van der Waals surface area contributed by atoms with Gasteiger partial charge in [-0.05, 0) is 56.9 Å². The van der Waals surface area contributed by atoms with Crippen molar-refractivity contribution in [2.75, 3.05) is 6.54 Å². The standard InChI is InChI=1S/C15H23N/c1-3-4-5-6-9-16-12(2)15-11-13-7-8-14(15)10-13/h1,7-8,12-16H,4-6,9-11H2,2H3. The second-order valence-electron chi connectivity index (χ2n) is 5.35. The lowest BCUT2D eigenvalue weighted by Crippen LogP contribution is -2.36. The summed E-state index contributed by atoms with van der Waals surface area (Å²) in [4.78, 5) is 0. The summed E-state index contributed by atoms with van der Waals surface area (Å²) in [5, 5.41) is 3.67. The zero-order chi connectivity index (χ0) is 11.4. The quantitative estimate of drug-likeness (QED) is 0.410. The summed E-state index contributed by atoms with van der Waals surface area (Å²) in [5.74, 6) is 5.32.